The molecule has 1 aromatic carbocycles. The first-order valence-electron chi connectivity index (χ1n) is 6.64. The van der Waals surface area contributed by atoms with Gasteiger partial charge in [-0.05, 0) is 50.5 Å². The Kier molecular flexibility index (Phi) is 4.14. The van der Waals surface area contributed by atoms with Crippen LogP contribution >= 0.6 is 0 Å². The predicted octanol–water partition coefficient (Wildman–Crippen LogP) is 1.37. The molecule has 2 N–H and O–H groups in total. The van der Waals surface area contributed by atoms with E-state index in [1.165, 1.54) is 10.4 Å². The van der Waals surface area contributed by atoms with Crippen molar-refractivity contribution in [1.82, 2.24) is 4.31 Å². The lowest BCUT2D eigenvalue weighted by molar-refractivity contribution is 0.247. The molecule has 0 saturated carbocycles. The van der Waals surface area contributed by atoms with Crippen molar-refractivity contribution < 1.29 is 8.42 Å². The summed E-state index contributed by atoms with van der Waals surface area (Å²) in [6, 6.07) is 6.64. The van der Waals surface area contributed by atoms with Crippen molar-refractivity contribution >= 4 is 10.0 Å². The smallest absolute Gasteiger partial charge is 0.243 e. The van der Waals surface area contributed by atoms with E-state index in [1.54, 1.807) is 19.1 Å². The number of rotatable bonds is 2. The second kappa shape index (κ2) is 5.52. The van der Waals surface area contributed by atoms with Gasteiger partial charge in [0.25, 0.3) is 0 Å². The Labute approximate surface area is 120 Å². The van der Waals surface area contributed by atoms with Crippen LogP contribution in [0.5, 0.6) is 0 Å². The van der Waals surface area contributed by atoms with Gasteiger partial charge >= 0.3 is 0 Å². The van der Waals surface area contributed by atoms with E-state index in [0.717, 1.165) is 0 Å². The molecule has 0 radical (unpaired) electrons. The molecule has 0 amide bonds. The highest BCUT2D eigenvalue weighted by atomic mass is 32.2. The van der Waals surface area contributed by atoms with Crippen LogP contribution in [-0.2, 0) is 10.0 Å². The number of hydrogen-bond donors (Lipinski definition) is 1. The molecule has 2 atom stereocenters. The number of benzene rings is 1. The zero-order valence-electron chi connectivity index (χ0n) is 11.7. The average molecular weight is 293 g/mol. The van der Waals surface area contributed by atoms with Gasteiger partial charge in [0, 0.05) is 18.6 Å². The van der Waals surface area contributed by atoms with Crippen molar-refractivity contribution in [3.05, 3.63) is 29.3 Å². The highest BCUT2D eigenvalue weighted by Gasteiger charge is 2.33. The highest BCUT2D eigenvalue weighted by molar-refractivity contribution is 7.89. The standard InChI is InChI=1S/C14H19N3O2S/c1-10-7-14(4-3-12(10)9-15)20(18,19)17-6-5-13(16)8-11(17)2/h3-4,7,11,13H,5-6,8,16H2,1-2H3. The summed E-state index contributed by atoms with van der Waals surface area (Å²) in [6.07, 6.45) is 1.35. The fourth-order valence-electron chi connectivity index (χ4n) is 2.60. The summed E-state index contributed by atoms with van der Waals surface area (Å²) in [5.74, 6) is 0. The Morgan fingerprint density at radius 3 is 2.70 bits per heavy atom. The molecule has 1 heterocycles. The maximum absolute atomic E-state index is 12.7. The first-order chi connectivity index (χ1) is 9.36. The topological polar surface area (TPSA) is 87.2 Å². The van der Waals surface area contributed by atoms with Crippen LogP contribution in [0.4, 0.5) is 0 Å². The van der Waals surface area contributed by atoms with E-state index in [1.807, 2.05) is 13.0 Å². The van der Waals surface area contributed by atoms with Crippen LogP contribution in [-0.4, -0.2) is 31.4 Å². The zero-order chi connectivity index (χ0) is 14.9. The van der Waals surface area contributed by atoms with Crippen LogP contribution in [0.2, 0.25) is 0 Å². The van der Waals surface area contributed by atoms with Crippen molar-refractivity contribution in [2.45, 2.75) is 43.7 Å². The van der Waals surface area contributed by atoms with E-state index in [2.05, 4.69) is 0 Å². The molecular weight excluding hydrogens is 274 g/mol. The Balaban J connectivity index is 2.36. The minimum absolute atomic E-state index is 0.0687. The molecule has 1 aliphatic rings. The molecular formula is C14H19N3O2S. The Morgan fingerprint density at radius 1 is 1.45 bits per heavy atom. The molecule has 2 unspecified atom stereocenters. The molecule has 6 heteroatoms. The van der Waals surface area contributed by atoms with E-state index >= 15 is 0 Å². The van der Waals surface area contributed by atoms with Gasteiger partial charge in [-0.3, -0.25) is 0 Å². The maximum atomic E-state index is 12.7. The van der Waals surface area contributed by atoms with Gasteiger partial charge in [-0.1, -0.05) is 0 Å². The van der Waals surface area contributed by atoms with Gasteiger partial charge < -0.3 is 5.73 Å². The molecule has 20 heavy (non-hydrogen) atoms. The summed E-state index contributed by atoms with van der Waals surface area (Å²) in [6.45, 7) is 4.07. The lowest BCUT2D eigenvalue weighted by atomic mass is 10.0. The third-order valence-corrected chi connectivity index (χ3v) is 5.79. The number of sulfonamides is 1. The second-order valence-corrected chi connectivity index (χ2v) is 7.23. The number of nitriles is 1. The third kappa shape index (κ3) is 2.70. The fourth-order valence-corrected chi connectivity index (χ4v) is 4.34. The monoisotopic (exact) mass is 293 g/mol. The molecule has 2 rings (SSSR count). The highest BCUT2D eigenvalue weighted by Crippen LogP contribution is 2.25. The van der Waals surface area contributed by atoms with Crippen molar-refractivity contribution in [2.75, 3.05) is 6.54 Å². The summed E-state index contributed by atoms with van der Waals surface area (Å²) in [5.41, 5.74) is 7.05. The van der Waals surface area contributed by atoms with Gasteiger partial charge in [-0.2, -0.15) is 9.57 Å². The molecule has 1 fully saturated rings. The largest absolute Gasteiger partial charge is 0.328 e. The van der Waals surface area contributed by atoms with Gasteiger partial charge in [0.1, 0.15) is 0 Å². The molecule has 0 bridgehead atoms. The lowest BCUT2D eigenvalue weighted by Gasteiger charge is -2.35. The van der Waals surface area contributed by atoms with Gasteiger partial charge in [0.15, 0.2) is 0 Å². The lowest BCUT2D eigenvalue weighted by Crippen LogP contribution is -2.48. The number of piperidine rings is 1. The van der Waals surface area contributed by atoms with E-state index in [-0.39, 0.29) is 17.0 Å². The number of hydrogen-bond acceptors (Lipinski definition) is 4. The van der Waals surface area contributed by atoms with E-state index in [0.29, 0.717) is 30.5 Å². The van der Waals surface area contributed by atoms with E-state index in [9.17, 15) is 8.42 Å². The van der Waals surface area contributed by atoms with Crippen molar-refractivity contribution in [1.29, 1.82) is 5.26 Å². The average Bonchev–Trinajstić information content (AvgIpc) is 2.38. The molecule has 0 aliphatic carbocycles. The van der Waals surface area contributed by atoms with Crippen molar-refractivity contribution in [2.24, 2.45) is 5.73 Å². The summed E-state index contributed by atoms with van der Waals surface area (Å²) < 4.78 is 26.8. The Bertz CT molecular complexity index is 649. The summed E-state index contributed by atoms with van der Waals surface area (Å²) in [7, 11) is -3.51. The number of nitrogens with two attached hydrogens (primary N) is 1. The zero-order valence-corrected chi connectivity index (χ0v) is 12.5. The van der Waals surface area contributed by atoms with Crippen LogP contribution in [0.3, 0.4) is 0 Å². The normalized spacial score (nSPS) is 24.3. The summed E-state index contributed by atoms with van der Waals surface area (Å²) in [5, 5.41) is 8.91. The van der Waals surface area contributed by atoms with Gasteiger partial charge in [-0.15, -0.1) is 0 Å². The van der Waals surface area contributed by atoms with E-state index in [4.69, 9.17) is 11.0 Å². The number of nitrogens with zero attached hydrogens (tertiary/aromatic N) is 2. The quantitative estimate of drug-likeness (QED) is 0.892. The minimum Gasteiger partial charge on any atom is -0.328 e. The van der Waals surface area contributed by atoms with Crippen LogP contribution in [0.25, 0.3) is 0 Å². The second-order valence-electron chi connectivity index (χ2n) is 5.34. The maximum Gasteiger partial charge on any atom is 0.243 e. The van der Waals surface area contributed by atoms with Crippen molar-refractivity contribution in [3.8, 4) is 6.07 Å². The molecule has 1 aromatic rings. The fraction of sp³-hybridized carbons (Fsp3) is 0.500. The minimum atomic E-state index is -3.51. The summed E-state index contributed by atoms with van der Waals surface area (Å²) in [4.78, 5) is 0.247. The Hall–Kier alpha value is -1.42. The molecule has 0 aromatic heterocycles. The van der Waals surface area contributed by atoms with Crippen LogP contribution in [0.15, 0.2) is 23.1 Å². The van der Waals surface area contributed by atoms with Crippen LogP contribution in [0, 0.1) is 18.3 Å². The molecule has 5 nitrogen and oxygen atoms in total. The van der Waals surface area contributed by atoms with E-state index < -0.39 is 10.0 Å². The molecule has 0 spiro atoms. The van der Waals surface area contributed by atoms with Crippen LogP contribution < -0.4 is 5.73 Å². The number of aryl methyl sites for hydroxylation is 1. The molecule has 108 valence electrons. The first kappa shape index (κ1) is 15.0. The van der Waals surface area contributed by atoms with Gasteiger partial charge in [0.2, 0.25) is 10.0 Å². The Morgan fingerprint density at radius 2 is 2.15 bits per heavy atom. The molecule has 1 aliphatic heterocycles. The third-order valence-electron chi connectivity index (χ3n) is 3.78. The summed E-state index contributed by atoms with van der Waals surface area (Å²) >= 11 is 0. The first-order valence-corrected chi connectivity index (χ1v) is 8.08. The predicted molar refractivity (Wildman–Crippen MR) is 76.5 cm³/mol. The van der Waals surface area contributed by atoms with Crippen molar-refractivity contribution in [3.63, 3.8) is 0 Å². The van der Waals surface area contributed by atoms with Crippen LogP contribution in [0.1, 0.15) is 30.9 Å². The molecule has 1 saturated heterocycles. The SMILES string of the molecule is Cc1cc(S(=O)(=O)N2CCC(N)CC2C)ccc1C#N. The van der Waals surface area contributed by atoms with Gasteiger partial charge in [-0.25, -0.2) is 8.42 Å². The van der Waals surface area contributed by atoms with Gasteiger partial charge in [0.05, 0.1) is 16.5 Å².